The van der Waals surface area contributed by atoms with Gasteiger partial charge < -0.3 is 29.7 Å². The molecule has 1 aliphatic rings. The van der Waals surface area contributed by atoms with E-state index in [0.717, 1.165) is 28.0 Å². The molecule has 0 aliphatic carbocycles. The quantitative estimate of drug-likeness (QED) is 0.0256. The number of hydrogen-bond donors (Lipinski definition) is 1. The maximum atomic E-state index is 14.0. The highest BCUT2D eigenvalue weighted by Crippen LogP contribution is 2.30. The summed E-state index contributed by atoms with van der Waals surface area (Å²) in [5, 5.41) is 4.21. The molecule has 5 aromatic carbocycles. The summed E-state index contributed by atoms with van der Waals surface area (Å²) >= 11 is 1.64. The van der Waals surface area contributed by atoms with Gasteiger partial charge in [-0.3, -0.25) is 19.4 Å². The minimum Gasteiger partial charge on any atom is -0.492 e. The summed E-state index contributed by atoms with van der Waals surface area (Å²) in [5.41, 5.74) is 6.26. The second-order valence-corrected chi connectivity index (χ2v) is 15.3. The van der Waals surface area contributed by atoms with Crippen molar-refractivity contribution in [1.29, 1.82) is 0 Å². The van der Waals surface area contributed by atoms with Crippen molar-refractivity contribution in [2.75, 3.05) is 18.1 Å². The summed E-state index contributed by atoms with van der Waals surface area (Å²) in [6.45, 7) is 2.22. The van der Waals surface area contributed by atoms with Crippen molar-refractivity contribution in [1.82, 2.24) is 0 Å². The van der Waals surface area contributed by atoms with E-state index in [4.69, 9.17) is 29.8 Å². The number of aliphatic imine (C=N–C) groups is 1. The first kappa shape index (κ1) is 43.3. The van der Waals surface area contributed by atoms with Gasteiger partial charge in [0.1, 0.15) is 36.2 Å². The first-order valence-electron chi connectivity index (χ1n) is 19.3. The zero-order chi connectivity index (χ0) is 42.3. The Kier molecular flexibility index (Phi) is 15.6. The van der Waals surface area contributed by atoms with Crippen LogP contribution < -0.4 is 25.0 Å². The number of carbonyl (C=O) groups excluding carboxylic acids is 4. The van der Waals surface area contributed by atoms with Gasteiger partial charge in [0.2, 0.25) is 5.91 Å². The van der Waals surface area contributed by atoms with Crippen molar-refractivity contribution in [2.45, 2.75) is 51.5 Å². The van der Waals surface area contributed by atoms with E-state index < -0.39 is 11.9 Å². The van der Waals surface area contributed by atoms with Gasteiger partial charge in [-0.05, 0) is 84.1 Å². The zero-order valence-corrected chi connectivity index (χ0v) is 35.1. The topological polar surface area (TPSA) is 159 Å². The second kappa shape index (κ2) is 21.6. The van der Waals surface area contributed by atoms with Crippen LogP contribution in [-0.4, -0.2) is 48.4 Å². The summed E-state index contributed by atoms with van der Waals surface area (Å²) in [6.07, 6.45) is 1.27. The molecule has 1 heterocycles. The Balaban J connectivity index is 1.08. The van der Waals surface area contributed by atoms with E-state index in [1.807, 2.05) is 60.7 Å². The minimum absolute atomic E-state index is 0.111. The van der Waals surface area contributed by atoms with Crippen molar-refractivity contribution in [3.05, 3.63) is 155 Å². The van der Waals surface area contributed by atoms with E-state index in [9.17, 15) is 19.2 Å². The Hall–Kier alpha value is -6.30. The number of carbonyl (C=O) groups is 4. The molecular formula is C46H45N4O8PS. The fraction of sp³-hybridized carbons (Fsp3) is 0.217. The van der Waals surface area contributed by atoms with Crippen molar-refractivity contribution in [3.63, 3.8) is 0 Å². The van der Waals surface area contributed by atoms with Crippen LogP contribution in [0.3, 0.4) is 0 Å². The lowest BCUT2D eigenvalue weighted by atomic mass is 9.91. The Morgan fingerprint density at radius 3 is 2.07 bits per heavy atom. The Labute approximate surface area is 355 Å². The van der Waals surface area contributed by atoms with Crippen LogP contribution in [0, 0.1) is 0 Å². The highest BCUT2D eigenvalue weighted by Gasteiger charge is 2.28. The number of fused-ring (bicyclic) bond motifs is 2. The molecule has 2 N–H and O–H groups in total. The monoisotopic (exact) mass is 844 g/mol. The van der Waals surface area contributed by atoms with Crippen LogP contribution in [0.15, 0.2) is 131 Å². The van der Waals surface area contributed by atoms with Crippen LogP contribution in [0.25, 0.3) is 0 Å². The van der Waals surface area contributed by atoms with Gasteiger partial charge in [0.05, 0.1) is 30.1 Å². The molecule has 308 valence electrons. The number of anilines is 1. The molecule has 1 atom stereocenters. The standard InChI is InChI=1S/C46H45N4O8PS/c1-31(51)56-29-32-14-20-37(21-15-32)57-43(53)13-7-6-12-42(52)50-28-35-8-2-3-9-39(35)45(49-47)44(40-10-4-5-11-41(40)50)48-26-27-55-36-24-18-34(19-25-36)46(54)58-38-22-16-33(17-23-38)30-60-59/h2-5,8-11,14-25H,6-7,12-13,26-30,47,59H2,1H3. The number of unbranched alkanes of at least 4 members (excludes halogenated alkanes) is 1. The van der Waals surface area contributed by atoms with Crippen LogP contribution >= 0.6 is 19.8 Å². The zero-order valence-electron chi connectivity index (χ0n) is 33.1. The third kappa shape index (κ3) is 11.9. The van der Waals surface area contributed by atoms with E-state index >= 15 is 0 Å². The largest absolute Gasteiger partial charge is 0.492 e. The molecule has 0 saturated heterocycles. The molecule has 12 nitrogen and oxygen atoms in total. The van der Waals surface area contributed by atoms with Crippen LogP contribution in [0.4, 0.5) is 5.69 Å². The second-order valence-electron chi connectivity index (χ2n) is 13.7. The van der Waals surface area contributed by atoms with Gasteiger partial charge in [-0.15, -0.1) is 11.4 Å². The number of para-hydroxylation sites is 1. The van der Waals surface area contributed by atoms with Crippen molar-refractivity contribution < 1.29 is 38.1 Å². The number of esters is 3. The van der Waals surface area contributed by atoms with Gasteiger partial charge in [0, 0.05) is 36.6 Å². The molecule has 1 unspecified atom stereocenters. The third-order valence-corrected chi connectivity index (χ3v) is 10.4. The van der Waals surface area contributed by atoms with Gasteiger partial charge in [0.25, 0.3) is 0 Å². The highest BCUT2D eigenvalue weighted by atomic mass is 32.7. The minimum atomic E-state index is -0.468. The number of benzene rings is 5. The van der Waals surface area contributed by atoms with E-state index in [-0.39, 0.29) is 51.0 Å². The first-order valence-corrected chi connectivity index (χ1v) is 21.8. The number of nitrogens with two attached hydrogens (primary N) is 1. The number of hydrogen-bond acceptors (Lipinski definition) is 12. The first-order chi connectivity index (χ1) is 29.2. The summed E-state index contributed by atoms with van der Waals surface area (Å²) in [6, 6.07) is 36.0. The Morgan fingerprint density at radius 2 is 1.37 bits per heavy atom. The number of nitrogens with zero attached hydrogens (tertiary/aromatic N) is 3. The van der Waals surface area contributed by atoms with Crippen LogP contribution in [-0.2, 0) is 38.0 Å². The molecule has 0 aromatic heterocycles. The highest BCUT2D eigenvalue weighted by molar-refractivity contribution is 8.43. The summed E-state index contributed by atoms with van der Waals surface area (Å²) in [4.78, 5) is 57.1. The lowest BCUT2D eigenvalue weighted by molar-refractivity contribution is -0.142. The third-order valence-electron chi connectivity index (χ3n) is 9.43. The molecule has 1 aliphatic heterocycles. The molecule has 6 rings (SSSR count). The van der Waals surface area contributed by atoms with Gasteiger partial charge in [-0.2, -0.15) is 5.10 Å². The van der Waals surface area contributed by atoms with E-state index in [1.165, 1.54) is 6.92 Å². The lowest BCUT2D eigenvalue weighted by Crippen LogP contribution is -2.36. The van der Waals surface area contributed by atoms with Crippen LogP contribution in [0.1, 0.15) is 70.8 Å². The molecular weight excluding hydrogens is 800 g/mol. The SMILES string of the molecule is CC(=O)OCc1ccc(OC(=O)CCCCC(=O)N2Cc3ccccc3C(=NN)C(=NCCOc3ccc(C(=O)Oc4ccc(CSP)cc4)cc3)c3ccccc32)cc1. The number of amides is 1. The summed E-state index contributed by atoms with van der Waals surface area (Å²) < 4.78 is 22.0. The predicted molar refractivity (Wildman–Crippen MR) is 237 cm³/mol. The fourth-order valence-electron chi connectivity index (χ4n) is 6.45. The van der Waals surface area contributed by atoms with E-state index in [2.05, 4.69) is 13.5 Å². The number of ether oxygens (including phenoxy) is 4. The van der Waals surface area contributed by atoms with Gasteiger partial charge in [-0.1, -0.05) is 75.2 Å². The molecule has 5 aromatic rings. The van der Waals surface area contributed by atoms with Gasteiger partial charge >= 0.3 is 17.9 Å². The van der Waals surface area contributed by atoms with Gasteiger partial charge in [0.15, 0.2) is 0 Å². The van der Waals surface area contributed by atoms with Crippen molar-refractivity contribution in [3.8, 4) is 17.2 Å². The average Bonchev–Trinajstić information content (AvgIpc) is 3.26. The summed E-state index contributed by atoms with van der Waals surface area (Å²) in [5.74, 6) is 6.97. The molecule has 1 amide bonds. The maximum Gasteiger partial charge on any atom is 0.343 e. The fourth-order valence-corrected chi connectivity index (χ4v) is 7.41. The Bertz CT molecular complexity index is 2350. The normalized spacial score (nSPS) is 13.4. The van der Waals surface area contributed by atoms with E-state index in [1.54, 1.807) is 76.9 Å². The molecule has 0 radical (unpaired) electrons. The smallest absolute Gasteiger partial charge is 0.343 e. The molecule has 0 fully saturated rings. The molecule has 0 saturated carbocycles. The summed E-state index contributed by atoms with van der Waals surface area (Å²) in [7, 11) is 2.62. The lowest BCUT2D eigenvalue weighted by Gasteiger charge is -2.30. The predicted octanol–water partition coefficient (Wildman–Crippen LogP) is 8.24. The number of hydrazone groups is 1. The van der Waals surface area contributed by atoms with Crippen molar-refractivity contribution in [2.24, 2.45) is 15.9 Å². The average molecular weight is 845 g/mol. The maximum absolute atomic E-state index is 14.0. The van der Waals surface area contributed by atoms with Crippen LogP contribution in [0.5, 0.6) is 17.2 Å². The Morgan fingerprint density at radius 1 is 0.733 bits per heavy atom. The number of rotatable bonds is 16. The van der Waals surface area contributed by atoms with Gasteiger partial charge in [-0.25, -0.2) is 4.79 Å². The molecule has 60 heavy (non-hydrogen) atoms. The van der Waals surface area contributed by atoms with E-state index in [0.29, 0.717) is 58.3 Å². The molecule has 0 spiro atoms. The van der Waals surface area contributed by atoms with Crippen LogP contribution in [0.2, 0.25) is 0 Å². The van der Waals surface area contributed by atoms with Crippen molar-refractivity contribution >= 4 is 60.7 Å². The molecule has 14 heteroatoms. The molecule has 0 bridgehead atoms.